The molecule has 0 aliphatic heterocycles. The molecule has 1 aromatic carbocycles. The highest BCUT2D eigenvalue weighted by molar-refractivity contribution is 9.10. The predicted octanol–water partition coefficient (Wildman–Crippen LogP) is 4.90. The second kappa shape index (κ2) is 5.63. The van der Waals surface area contributed by atoms with Crippen LogP contribution in [0, 0.1) is 0 Å². The largest absolute Gasteiger partial charge is 0.237 e. The van der Waals surface area contributed by atoms with Gasteiger partial charge < -0.3 is 0 Å². The molecule has 5 heteroatoms. The molecule has 0 aliphatic carbocycles. The first kappa shape index (κ1) is 12.6. The first-order valence-electron chi connectivity index (χ1n) is 4.76. The summed E-state index contributed by atoms with van der Waals surface area (Å²) in [6, 6.07) is 9.04. The molecule has 2 rings (SSSR count). The van der Waals surface area contributed by atoms with Crippen molar-refractivity contribution in [3.05, 3.63) is 56.6 Å². The predicted molar refractivity (Wildman–Crippen MR) is 75.7 cm³/mol. The van der Waals surface area contributed by atoms with E-state index in [1.165, 1.54) is 0 Å². The molecule has 0 radical (unpaired) electrons. The molecule has 0 atom stereocenters. The van der Waals surface area contributed by atoms with E-state index in [1.54, 1.807) is 24.5 Å². The van der Waals surface area contributed by atoms with Crippen LogP contribution < -0.4 is 0 Å². The standard InChI is InChI=1S/C12H7BrCl2N2/c13-9-2-4-12(17-7-9)16-6-8-1-3-10(14)11(15)5-8/h1-7H. The molecule has 1 heterocycles. The minimum absolute atomic E-state index is 0.513. The third-order valence-electron chi connectivity index (χ3n) is 2.00. The Morgan fingerprint density at radius 2 is 1.94 bits per heavy atom. The van der Waals surface area contributed by atoms with Crippen LogP contribution in [0.15, 0.2) is 46.0 Å². The summed E-state index contributed by atoms with van der Waals surface area (Å²) < 4.78 is 0.922. The van der Waals surface area contributed by atoms with Crippen molar-refractivity contribution in [3.63, 3.8) is 0 Å². The van der Waals surface area contributed by atoms with Crippen molar-refractivity contribution in [2.45, 2.75) is 0 Å². The summed E-state index contributed by atoms with van der Waals surface area (Å²) in [5.74, 6) is 0.638. The van der Waals surface area contributed by atoms with Crippen molar-refractivity contribution in [1.29, 1.82) is 0 Å². The lowest BCUT2D eigenvalue weighted by Crippen LogP contribution is -1.81. The maximum absolute atomic E-state index is 5.90. The number of aliphatic imine (C=N–C) groups is 1. The van der Waals surface area contributed by atoms with Crippen LogP contribution in [0.5, 0.6) is 0 Å². The first-order chi connectivity index (χ1) is 8.15. The molecule has 1 aromatic heterocycles. The molecule has 0 spiro atoms. The Morgan fingerprint density at radius 3 is 2.59 bits per heavy atom. The summed E-state index contributed by atoms with van der Waals surface area (Å²) in [6.45, 7) is 0. The van der Waals surface area contributed by atoms with Gasteiger partial charge in [0.05, 0.1) is 10.0 Å². The third kappa shape index (κ3) is 3.53. The van der Waals surface area contributed by atoms with Crippen LogP contribution in [-0.4, -0.2) is 11.2 Å². The second-order valence-electron chi connectivity index (χ2n) is 3.27. The van der Waals surface area contributed by atoms with Gasteiger partial charge in [-0.1, -0.05) is 29.3 Å². The van der Waals surface area contributed by atoms with Crippen molar-refractivity contribution in [2.24, 2.45) is 4.99 Å². The van der Waals surface area contributed by atoms with Crippen LogP contribution in [0.2, 0.25) is 10.0 Å². The zero-order valence-electron chi connectivity index (χ0n) is 8.57. The van der Waals surface area contributed by atoms with Crippen molar-refractivity contribution in [2.75, 3.05) is 0 Å². The lowest BCUT2D eigenvalue weighted by Gasteiger charge is -1.97. The summed E-state index contributed by atoms with van der Waals surface area (Å²) in [7, 11) is 0. The molecule has 0 aliphatic rings. The highest BCUT2D eigenvalue weighted by atomic mass is 79.9. The Kier molecular flexibility index (Phi) is 4.15. The molecule has 86 valence electrons. The van der Waals surface area contributed by atoms with Crippen LogP contribution in [0.1, 0.15) is 5.56 Å². The zero-order valence-corrected chi connectivity index (χ0v) is 11.7. The summed E-state index contributed by atoms with van der Waals surface area (Å²) in [5, 5.41) is 1.05. The van der Waals surface area contributed by atoms with Crippen molar-refractivity contribution < 1.29 is 0 Å². The quantitative estimate of drug-likeness (QED) is 0.719. The minimum Gasteiger partial charge on any atom is -0.237 e. The highest BCUT2D eigenvalue weighted by Crippen LogP contribution is 2.22. The first-order valence-corrected chi connectivity index (χ1v) is 6.31. The van der Waals surface area contributed by atoms with Gasteiger partial charge in [0.2, 0.25) is 0 Å². The smallest absolute Gasteiger partial charge is 0.151 e. The molecule has 0 amide bonds. The average molecular weight is 330 g/mol. The number of nitrogens with zero attached hydrogens (tertiary/aromatic N) is 2. The summed E-state index contributed by atoms with van der Waals surface area (Å²) in [4.78, 5) is 8.36. The van der Waals surface area contributed by atoms with Gasteiger partial charge in [0.15, 0.2) is 5.82 Å². The van der Waals surface area contributed by atoms with E-state index in [0.29, 0.717) is 15.9 Å². The minimum atomic E-state index is 0.513. The number of benzene rings is 1. The van der Waals surface area contributed by atoms with Gasteiger partial charge in [-0.05, 0) is 45.8 Å². The van der Waals surface area contributed by atoms with Gasteiger partial charge in [0, 0.05) is 16.9 Å². The monoisotopic (exact) mass is 328 g/mol. The third-order valence-corrected chi connectivity index (χ3v) is 3.21. The molecule has 17 heavy (non-hydrogen) atoms. The van der Waals surface area contributed by atoms with E-state index in [0.717, 1.165) is 10.0 Å². The van der Waals surface area contributed by atoms with Crippen molar-refractivity contribution in [3.8, 4) is 0 Å². The van der Waals surface area contributed by atoms with E-state index in [2.05, 4.69) is 25.9 Å². The SMILES string of the molecule is Clc1ccc(C=Nc2ccc(Br)cn2)cc1Cl. The maximum Gasteiger partial charge on any atom is 0.151 e. The maximum atomic E-state index is 5.90. The molecule has 0 saturated carbocycles. The van der Waals surface area contributed by atoms with E-state index in [9.17, 15) is 0 Å². The number of halogens is 3. The molecule has 0 unspecified atom stereocenters. The van der Waals surface area contributed by atoms with Gasteiger partial charge in [0.1, 0.15) is 0 Å². The van der Waals surface area contributed by atoms with E-state index in [4.69, 9.17) is 23.2 Å². The van der Waals surface area contributed by atoms with E-state index in [-0.39, 0.29) is 0 Å². The molecule has 2 aromatic rings. The molecular weight excluding hydrogens is 323 g/mol. The Morgan fingerprint density at radius 1 is 1.12 bits per heavy atom. The van der Waals surface area contributed by atoms with Gasteiger partial charge in [-0.25, -0.2) is 9.98 Å². The van der Waals surface area contributed by atoms with Crippen LogP contribution >= 0.6 is 39.1 Å². The molecular formula is C12H7BrCl2N2. The Labute approximate surface area is 117 Å². The molecule has 0 bridgehead atoms. The van der Waals surface area contributed by atoms with Crippen LogP contribution in [-0.2, 0) is 0 Å². The Balaban J connectivity index is 2.20. The van der Waals surface area contributed by atoms with Crippen LogP contribution in [0.25, 0.3) is 0 Å². The zero-order chi connectivity index (χ0) is 12.3. The fourth-order valence-electron chi connectivity index (χ4n) is 1.18. The Hall–Kier alpha value is -0.900. The fourth-order valence-corrected chi connectivity index (χ4v) is 1.72. The molecule has 0 N–H and O–H groups in total. The number of pyridine rings is 1. The summed E-state index contributed by atoms with van der Waals surface area (Å²) in [5.41, 5.74) is 0.879. The van der Waals surface area contributed by atoms with Gasteiger partial charge >= 0.3 is 0 Å². The number of aromatic nitrogens is 1. The lowest BCUT2D eigenvalue weighted by atomic mass is 10.2. The van der Waals surface area contributed by atoms with Crippen LogP contribution in [0.3, 0.4) is 0 Å². The summed E-state index contributed by atoms with van der Waals surface area (Å²) >= 11 is 15.0. The van der Waals surface area contributed by atoms with Gasteiger partial charge in [0.25, 0.3) is 0 Å². The average Bonchev–Trinajstić information content (AvgIpc) is 2.33. The van der Waals surface area contributed by atoms with E-state index in [1.807, 2.05) is 18.2 Å². The number of rotatable bonds is 2. The molecule has 0 fully saturated rings. The van der Waals surface area contributed by atoms with Gasteiger partial charge in [-0.15, -0.1) is 0 Å². The van der Waals surface area contributed by atoms with E-state index >= 15 is 0 Å². The fraction of sp³-hybridized carbons (Fsp3) is 0. The number of hydrogen-bond acceptors (Lipinski definition) is 2. The van der Waals surface area contributed by atoms with Crippen molar-refractivity contribution in [1.82, 2.24) is 4.98 Å². The topological polar surface area (TPSA) is 25.2 Å². The highest BCUT2D eigenvalue weighted by Gasteiger charge is 1.97. The lowest BCUT2D eigenvalue weighted by molar-refractivity contribution is 1.26. The van der Waals surface area contributed by atoms with Gasteiger partial charge in [-0.3, -0.25) is 0 Å². The van der Waals surface area contributed by atoms with E-state index < -0.39 is 0 Å². The molecule has 2 nitrogen and oxygen atoms in total. The second-order valence-corrected chi connectivity index (χ2v) is 5.00. The Bertz CT molecular complexity index is 553. The molecule has 0 saturated heterocycles. The summed E-state index contributed by atoms with van der Waals surface area (Å²) in [6.07, 6.45) is 3.39. The van der Waals surface area contributed by atoms with Gasteiger partial charge in [-0.2, -0.15) is 0 Å². The van der Waals surface area contributed by atoms with Crippen molar-refractivity contribution >= 4 is 51.2 Å². The van der Waals surface area contributed by atoms with Crippen LogP contribution in [0.4, 0.5) is 5.82 Å². The normalized spacial score (nSPS) is 11.0. The number of hydrogen-bond donors (Lipinski definition) is 0.